The predicted molar refractivity (Wildman–Crippen MR) is 212 cm³/mol. The maximum atomic E-state index is 12.3. The van der Waals surface area contributed by atoms with Crippen LogP contribution >= 0.6 is 39.1 Å². The molecule has 0 unspecified atom stereocenters. The van der Waals surface area contributed by atoms with Gasteiger partial charge < -0.3 is 36.1 Å². The minimum Gasteiger partial charge on any atom is -0.465 e. The van der Waals surface area contributed by atoms with Crippen molar-refractivity contribution in [2.45, 2.75) is 101 Å². The molecule has 0 spiro atoms. The first-order chi connectivity index (χ1) is 21.8. The summed E-state index contributed by atoms with van der Waals surface area (Å²) >= 11 is 16.0. The van der Waals surface area contributed by atoms with Gasteiger partial charge in [0.05, 0.1) is 41.0 Å². The van der Waals surface area contributed by atoms with Crippen LogP contribution in [0.3, 0.4) is 0 Å². The number of halogens is 3. The molecular formula is C38H55BrCl2KN3O6. The van der Waals surface area contributed by atoms with Crippen molar-refractivity contribution in [3.05, 3.63) is 74.3 Å². The van der Waals surface area contributed by atoms with Crippen LogP contribution < -0.4 is 56.7 Å². The van der Waals surface area contributed by atoms with E-state index in [0.717, 1.165) is 43.2 Å². The third kappa shape index (κ3) is 12.0. The van der Waals surface area contributed by atoms with Gasteiger partial charge in [-0.05, 0) is 114 Å². The third-order valence-electron chi connectivity index (χ3n) is 7.55. The van der Waals surface area contributed by atoms with Crippen molar-refractivity contribution in [1.82, 2.24) is 14.5 Å². The maximum absolute atomic E-state index is 12.3. The Morgan fingerprint density at radius 3 is 1.61 bits per heavy atom. The Hall–Kier alpha value is -1.57. The van der Waals surface area contributed by atoms with Gasteiger partial charge in [-0.25, -0.2) is 14.4 Å². The van der Waals surface area contributed by atoms with E-state index < -0.39 is 17.7 Å². The van der Waals surface area contributed by atoms with Crippen LogP contribution in [0.1, 0.15) is 113 Å². The van der Waals surface area contributed by atoms with Crippen LogP contribution in [0.15, 0.2) is 28.9 Å². The molecule has 0 aliphatic heterocycles. The van der Waals surface area contributed by atoms with Gasteiger partial charge in [0, 0.05) is 51.6 Å². The molecule has 0 saturated carbocycles. The topological polar surface area (TPSA) is 101 Å². The van der Waals surface area contributed by atoms with E-state index in [9.17, 15) is 14.4 Å². The van der Waals surface area contributed by atoms with Crippen LogP contribution in [0.4, 0.5) is 4.79 Å². The average molecular weight is 840 g/mol. The van der Waals surface area contributed by atoms with Crippen LogP contribution in [-0.4, -0.2) is 53.5 Å². The zero-order valence-electron chi connectivity index (χ0n) is 30.9. The Morgan fingerprint density at radius 2 is 1.22 bits per heavy atom. The van der Waals surface area contributed by atoms with Gasteiger partial charge in [0.25, 0.3) is 0 Å². The summed E-state index contributed by atoms with van der Waals surface area (Å²) in [5.74, 6) is -0.793. The van der Waals surface area contributed by atoms with Gasteiger partial charge >= 0.3 is 69.4 Å². The van der Waals surface area contributed by atoms with Gasteiger partial charge in [0.15, 0.2) is 0 Å². The number of ether oxygens (including phenoxy) is 3. The van der Waals surface area contributed by atoms with Crippen molar-refractivity contribution < 1.29 is 80.0 Å². The molecule has 0 fully saturated rings. The van der Waals surface area contributed by atoms with E-state index in [4.69, 9.17) is 37.4 Å². The normalized spacial score (nSPS) is 10.7. The van der Waals surface area contributed by atoms with Crippen LogP contribution in [0.2, 0.25) is 10.0 Å². The molecule has 0 atom stereocenters. The monoisotopic (exact) mass is 837 g/mol. The number of esters is 2. The van der Waals surface area contributed by atoms with Gasteiger partial charge in [-0.15, -0.1) is 0 Å². The molecule has 2 aromatic heterocycles. The molecule has 0 radical (unpaired) electrons. The fourth-order valence-corrected chi connectivity index (χ4v) is 6.98. The molecule has 9 nitrogen and oxygen atoms in total. The van der Waals surface area contributed by atoms with Gasteiger partial charge in [0.2, 0.25) is 0 Å². The first kappa shape index (κ1) is 51.5. The Labute approximate surface area is 366 Å². The van der Waals surface area contributed by atoms with E-state index in [2.05, 4.69) is 58.1 Å². The number of aromatic nitrogens is 2. The number of alkyl carbamates (subject to hydrolysis) is 1. The second-order valence-corrected chi connectivity index (χ2v) is 14.4. The van der Waals surface area contributed by atoms with Gasteiger partial charge in [-0.1, -0.05) is 38.1 Å². The Bertz CT molecular complexity index is 1830. The number of hydrogen-bond donors (Lipinski definition) is 1. The van der Waals surface area contributed by atoms with Crippen LogP contribution in [0.25, 0.3) is 21.8 Å². The minimum atomic E-state index is -0.543. The molecule has 1 amide bonds. The van der Waals surface area contributed by atoms with E-state index in [0.29, 0.717) is 34.1 Å². The van der Waals surface area contributed by atoms with Crippen molar-refractivity contribution in [3.8, 4) is 0 Å². The fourth-order valence-electron chi connectivity index (χ4n) is 5.75. The molecule has 4 rings (SSSR count). The van der Waals surface area contributed by atoms with Gasteiger partial charge in [0.1, 0.15) is 5.60 Å². The van der Waals surface area contributed by atoms with E-state index in [1.807, 2.05) is 46.8 Å². The molecule has 0 bridgehead atoms. The number of fused-ring (bicyclic) bond motifs is 2. The number of nitrogens with zero attached hydrogens (tertiary/aromatic N) is 2. The molecule has 51 heavy (non-hydrogen) atoms. The van der Waals surface area contributed by atoms with E-state index >= 15 is 0 Å². The molecule has 13 heteroatoms. The number of rotatable bonds is 7. The van der Waals surface area contributed by atoms with Crippen molar-refractivity contribution in [3.63, 3.8) is 0 Å². The minimum absolute atomic E-state index is 0. The molecule has 280 valence electrons. The van der Waals surface area contributed by atoms with Gasteiger partial charge in [-0.2, -0.15) is 0 Å². The molecule has 2 aromatic carbocycles. The summed E-state index contributed by atoms with van der Waals surface area (Å²) < 4.78 is 20.3. The van der Waals surface area contributed by atoms with E-state index in [1.165, 1.54) is 14.2 Å². The molecule has 2 heterocycles. The quantitative estimate of drug-likeness (QED) is 0.0868. The zero-order valence-corrected chi connectivity index (χ0v) is 37.1. The summed E-state index contributed by atoms with van der Waals surface area (Å²) in [6, 6.07) is 7.43. The fraction of sp³-hybridized carbons (Fsp3) is 0.474. The number of carbonyl (C=O) groups is 3. The number of methoxy groups -OCH3 is 2. The van der Waals surface area contributed by atoms with E-state index in [1.54, 1.807) is 12.1 Å². The summed E-state index contributed by atoms with van der Waals surface area (Å²) in [5, 5.41) is 5.51. The largest absolute Gasteiger partial charge is 1.00 e. The Morgan fingerprint density at radius 1 is 0.804 bits per heavy atom. The third-order valence-corrected chi connectivity index (χ3v) is 8.96. The van der Waals surface area contributed by atoms with Crippen LogP contribution in [0, 0.1) is 21.3 Å². The summed E-state index contributed by atoms with van der Waals surface area (Å²) in [5.41, 5.74) is 5.26. The Balaban J connectivity index is 0. The molecule has 4 aromatic rings. The van der Waals surface area contributed by atoms with E-state index in [-0.39, 0.29) is 91.7 Å². The number of aryl methyl sites for hydroxylation is 2. The van der Waals surface area contributed by atoms with Crippen molar-refractivity contribution in [2.24, 2.45) is 0 Å². The average Bonchev–Trinajstić information content (AvgIpc) is 3.39. The number of nitrogens with one attached hydrogen (secondary N) is 1. The van der Waals surface area contributed by atoms with Crippen LogP contribution in [-0.2, 0) is 20.6 Å². The van der Waals surface area contributed by atoms with Crippen molar-refractivity contribution in [1.29, 1.82) is 0 Å². The molecule has 0 aliphatic carbocycles. The first-order valence-corrected chi connectivity index (χ1v) is 16.8. The van der Waals surface area contributed by atoms with Crippen LogP contribution in [0.5, 0.6) is 0 Å². The predicted octanol–water partition coefficient (Wildman–Crippen LogP) is 8.50. The second kappa shape index (κ2) is 21.4. The second-order valence-electron chi connectivity index (χ2n) is 12.8. The van der Waals surface area contributed by atoms with Gasteiger partial charge in [-0.3, -0.25) is 0 Å². The number of carbonyl (C=O) groups excluding carboxylic acids is 3. The number of hydrogen-bond acceptors (Lipinski definition) is 6. The summed E-state index contributed by atoms with van der Waals surface area (Å²) in [7, 11) is 2.73. The number of amides is 1. The molecule has 0 saturated heterocycles. The van der Waals surface area contributed by atoms with Crippen molar-refractivity contribution in [2.75, 3.05) is 20.8 Å². The Kier molecular flexibility index (Phi) is 21.6. The summed E-state index contributed by atoms with van der Waals surface area (Å²) in [6.45, 7) is 18.2. The summed E-state index contributed by atoms with van der Waals surface area (Å²) in [6.07, 6.45) is 0.145. The molecule has 1 N–H and O–H groups in total. The molecular weight excluding hydrogens is 784 g/mol. The van der Waals surface area contributed by atoms with Crippen molar-refractivity contribution >= 4 is 79.0 Å². The number of benzene rings is 2. The maximum Gasteiger partial charge on any atom is 1.00 e. The standard InChI is InChI=1S/C21H29ClN2O4.C14H15BrClNO2.2CH4.CH3.K/c1-12(2)24-16(8-9-23-20(26)28-21(4,5)6)13(3)18-15(19(25)27-7)10-14(22)11-17(18)24;1-7(2)17-11-6-9(16)5-10(14(18)19-4)12(11)8(3)13(17)15;;;;/h10-12H,8-9H2,1-7H3,(H,23,26);5-7H,1-4H3;2*1H4;1H3;/q;;;;-1;+1. The SMILES string of the molecule is C.C.COC(=O)c1cc(Cl)cc2c1c(C)c(Br)n2C(C)C.COC(=O)c1cc(Cl)cc2c1c(C)c(CCNC(=O)OC(C)(C)C)n2C(C)C.[CH3-].[K+]. The summed E-state index contributed by atoms with van der Waals surface area (Å²) in [4.78, 5) is 36.1. The smallest absolute Gasteiger partial charge is 0.465 e. The first-order valence-electron chi connectivity index (χ1n) is 15.3. The molecule has 0 aliphatic rings. The zero-order chi connectivity index (χ0) is 35.5.